The first kappa shape index (κ1) is 17.1. The molecular weight excluding hydrogens is 346 g/mol. The Balaban J connectivity index is 1.43. The lowest BCUT2D eigenvalue weighted by atomic mass is 10.0. The van der Waals surface area contributed by atoms with Gasteiger partial charge >= 0.3 is 0 Å². The maximum atomic E-state index is 13.1. The fourth-order valence-corrected chi connectivity index (χ4v) is 4.20. The smallest absolute Gasteiger partial charge is 0.269 e. The van der Waals surface area contributed by atoms with Gasteiger partial charge in [0.15, 0.2) is 0 Å². The molecule has 1 fully saturated rings. The lowest BCUT2D eigenvalue weighted by Gasteiger charge is -2.38. The summed E-state index contributed by atoms with van der Waals surface area (Å²) in [6.07, 6.45) is 3.73. The largest absolute Gasteiger partial charge is 0.308 e. The number of carbonyl (C=O) groups is 1. The number of likely N-dealkylation sites (tertiary alicyclic amines) is 1. The monoisotopic (exact) mass is 369 g/mol. The SMILES string of the molecule is O=C(c1cccs1)N(C1=CNNN1)C1CCN(Cc2ccccc2)CC1. The Labute approximate surface area is 157 Å². The second-order valence-corrected chi connectivity index (χ2v) is 7.52. The fraction of sp³-hybridized carbons (Fsp3) is 0.316. The number of hydrogen-bond donors (Lipinski definition) is 3. The molecule has 0 aliphatic carbocycles. The van der Waals surface area contributed by atoms with E-state index in [0.29, 0.717) is 0 Å². The maximum absolute atomic E-state index is 13.1. The fourth-order valence-electron chi connectivity index (χ4n) is 3.54. The summed E-state index contributed by atoms with van der Waals surface area (Å²) < 4.78 is 0. The third kappa shape index (κ3) is 3.75. The van der Waals surface area contributed by atoms with Gasteiger partial charge in [0.2, 0.25) is 0 Å². The van der Waals surface area contributed by atoms with E-state index in [1.807, 2.05) is 34.7 Å². The number of piperidine rings is 1. The van der Waals surface area contributed by atoms with Crippen molar-refractivity contribution in [1.29, 1.82) is 0 Å². The lowest BCUT2D eigenvalue weighted by Crippen LogP contribution is -2.49. The molecule has 6 nitrogen and oxygen atoms in total. The molecule has 1 saturated heterocycles. The molecule has 4 rings (SSSR count). The topological polar surface area (TPSA) is 59.6 Å². The summed E-state index contributed by atoms with van der Waals surface area (Å²) in [5.74, 6) is 0.843. The number of nitrogens with zero attached hydrogens (tertiary/aromatic N) is 2. The van der Waals surface area contributed by atoms with Crippen LogP contribution in [-0.4, -0.2) is 34.8 Å². The summed E-state index contributed by atoms with van der Waals surface area (Å²) in [6, 6.07) is 14.6. The number of benzene rings is 1. The average molecular weight is 369 g/mol. The van der Waals surface area contributed by atoms with Gasteiger partial charge in [-0.05, 0) is 29.9 Å². The van der Waals surface area contributed by atoms with Crippen LogP contribution in [0.5, 0.6) is 0 Å². The van der Waals surface area contributed by atoms with E-state index in [-0.39, 0.29) is 11.9 Å². The van der Waals surface area contributed by atoms with Crippen molar-refractivity contribution >= 4 is 17.2 Å². The number of amides is 1. The van der Waals surface area contributed by atoms with Crippen molar-refractivity contribution in [2.24, 2.45) is 0 Å². The molecule has 0 atom stereocenters. The van der Waals surface area contributed by atoms with E-state index in [1.54, 1.807) is 0 Å². The van der Waals surface area contributed by atoms with Crippen LogP contribution in [0.4, 0.5) is 0 Å². The minimum absolute atomic E-state index is 0.0609. The second-order valence-electron chi connectivity index (χ2n) is 6.57. The molecule has 1 aromatic heterocycles. The molecule has 1 aromatic carbocycles. The van der Waals surface area contributed by atoms with Crippen LogP contribution < -0.4 is 16.4 Å². The summed E-state index contributed by atoms with van der Waals surface area (Å²) in [4.78, 5) is 18.2. The molecule has 3 heterocycles. The molecule has 0 bridgehead atoms. The minimum atomic E-state index is 0.0609. The molecule has 26 heavy (non-hydrogen) atoms. The van der Waals surface area contributed by atoms with E-state index < -0.39 is 0 Å². The Hall–Kier alpha value is -2.35. The molecule has 3 N–H and O–H groups in total. The Morgan fingerprint density at radius 3 is 2.62 bits per heavy atom. The van der Waals surface area contributed by atoms with E-state index >= 15 is 0 Å². The number of nitrogens with one attached hydrogen (secondary N) is 3. The number of thiophene rings is 1. The highest BCUT2D eigenvalue weighted by atomic mass is 32.1. The van der Waals surface area contributed by atoms with Gasteiger partial charge < -0.3 is 5.43 Å². The predicted molar refractivity (Wildman–Crippen MR) is 103 cm³/mol. The van der Waals surface area contributed by atoms with Crippen molar-refractivity contribution in [3.8, 4) is 0 Å². The zero-order valence-corrected chi connectivity index (χ0v) is 15.3. The van der Waals surface area contributed by atoms with Crippen LogP contribution in [0.3, 0.4) is 0 Å². The van der Waals surface area contributed by atoms with E-state index in [1.165, 1.54) is 16.9 Å². The molecule has 0 radical (unpaired) electrons. The molecule has 0 saturated carbocycles. The number of carbonyl (C=O) groups excluding carboxylic acids is 1. The molecule has 0 spiro atoms. The highest BCUT2D eigenvalue weighted by molar-refractivity contribution is 7.12. The van der Waals surface area contributed by atoms with E-state index in [0.717, 1.165) is 43.2 Å². The zero-order chi connectivity index (χ0) is 17.8. The second kappa shape index (κ2) is 7.90. The Morgan fingerprint density at radius 2 is 1.96 bits per heavy atom. The molecule has 2 aliphatic rings. The van der Waals surface area contributed by atoms with Gasteiger partial charge in [0.25, 0.3) is 5.91 Å². The quantitative estimate of drug-likeness (QED) is 0.755. The first-order valence-corrected chi connectivity index (χ1v) is 9.79. The van der Waals surface area contributed by atoms with Gasteiger partial charge in [0.1, 0.15) is 5.82 Å². The van der Waals surface area contributed by atoms with E-state index in [2.05, 4.69) is 45.6 Å². The van der Waals surface area contributed by atoms with Crippen molar-refractivity contribution in [1.82, 2.24) is 26.2 Å². The van der Waals surface area contributed by atoms with Crippen LogP contribution in [0.1, 0.15) is 28.1 Å². The molecule has 7 heteroatoms. The summed E-state index contributed by atoms with van der Waals surface area (Å²) in [5.41, 5.74) is 10.1. The van der Waals surface area contributed by atoms with Crippen molar-refractivity contribution in [2.75, 3.05) is 13.1 Å². The van der Waals surface area contributed by atoms with Crippen molar-refractivity contribution in [2.45, 2.75) is 25.4 Å². The van der Waals surface area contributed by atoms with E-state index in [9.17, 15) is 4.79 Å². The lowest BCUT2D eigenvalue weighted by molar-refractivity contribution is 0.0642. The minimum Gasteiger partial charge on any atom is -0.308 e. The van der Waals surface area contributed by atoms with Gasteiger partial charge in [-0.3, -0.25) is 20.0 Å². The first-order valence-electron chi connectivity index (χ1n) is 8.91. The van der Waals surface area contributed by atoms with Gasteiger partial charge in [0, 0.05) is 25.7 Å². The Bertz CT molecular complexity index is 754. The number of hydrogen-bond acceptors (Lipinski definition) is 6. The molecule has 136 valence electrons. The van der Waals surface area contributed by atoms with Crippen molar-refractivity contribution in [3.63, 3.8) is 0 Å². The van der Waals surface area contributed by atoms with Gasteiger partial charge in [-0.2, -0.15) is 0 Å². The van der Waals surface area contributed by atoms with Gasteiger partial charge in [-0.1, -0.05) is 36.4 Å². The molecule has 2 aromatic rings. The summed E-state index contributed by atoms with van der Waals surface area (Å²) in [7, 11) is 0. The zero-order valence-electron chi connectivity index (χ0n) is 14.5. The van der Waals surface area contributed by atoms with Gasteiger partial charge in [0.05, 0.1) is 11.1 Å². The highest BCUT2D eigenvalue weighted by Gasteiger charge is 2.32. The third-order valence-corrected chi connectivity index (χ3v) is 5.71. The van der Waals surface area contributed by atoms with Crippen molar-refractivity contribution in [3.05, 3.63) is 70.3 Å². The molecular formula is C19H23N5OS. The first-order chi connectivity index (χ1) is 12.8. The van der Waals surface area contributed by atoms with Crippen LogP contribution in [-0.2, 0) is 6.54 Å². The van der Waals surface area contributed by atoms with Crippen LogP contribution in [0.2, 0.25) is 0 Å². The Morgan fingerprint density at radius 1 is 1.15 bits per heavy atom. The van der Waals surface area contributed by atoms with Crippen LogP contribution in [0.15, 0.2) is 59.9 Å². The molecule has 1 amide bonds. The maximum Gasteiger partial charge on any atom is 0.269 e. The summed E-state index contributed by atoms with van der Waals surface area (Å²) >= 11 is 1.49. The van der Waals surface area contributed by atoms with Gasteiger partial charge in [-0.25, -0.2) is 0 Å². The van der Waals surface area contributed by atoms with Crippen LogP contribution >= 0.6 is 11.3 Å². The Kier molecular flexibility index (Phi) is 5.19. The van der Waals surface area contributed by atoms with Crippen LogP contribution in [0.25, 0.3) is 0 Å². The van der Waals surface area contributed by atoms with Crippen LogP contribution in [0, 0.1) is 0 Å². The molecule has 2 aliphatic heterocycles. The standard InChI is InChI=1S/C19H23N5OS/c25-19(17-7-4-12-26-17)24(18-13-20-22-21-18)16-8-10-23(11-9-16)14-15-5-2-1-3-6-15/h1-7,12-13,16,20-22H,8-11,14H2. The number of rotatable bonds is 5. The average Bonchev–Trinajstić information content (AvgIpc) is 3.38. The normalized spacial score (nSPS) is 18.1. The number of hydrazine groups is 2. The third-order valence-electron chi connectivity index (χ3n) is 4.85. The molecule has 0 unspecified atom stereocenters. The summed E-state index contributed by atoms with van der Waals surface area (Å²) in [6.45, 7) is 2.94. The van der Waals surface area contributed by atoms with Crippen molar-refractivity contribution < 1.29 is 4.79 Å². The highest BCUT2D eigenvalue weighted by Crippen LogP contribution is 2.25. The van der Waals surface area contributed by atoms with E-state index in [4.69, 9.17) is 0 Å². The predicted octanol–water partition coefficient (Wildman–Crippen LogP) is 2.27. The van der Waals surface area contributed by atoms with Gasteiger partial charge in [-0.15, -0.1) is 16.9 Å². The summed E-state index contributed by atoms with van der Waals surface area (Å²) in [5, 5.41) is 1.95.